The molecule has 1 atom stereocenters. The summed E-state index contributed by atoms with van der Waals surface area (Å²) < 4.78 is 7.33. The lowest BCUT2D eigenvalue weighted by molar-refractivity contribution is 0.415. The largest absolute Gasteiger partial charge is 0.497 e. The monoisotopic (exact) mass is 247 g/mol. The smallest absolute Gasteiger partial charge is 0.121 e. The Bertz CT molecular complexity index is 533. The van der Waals surface area contributed by atoms with Crippen molar-refractivity contribution in [3.63, 3.8) is 0 Å². The summed E-state index contributed by atoms with van der Waals surface area (Å²) in [4.78, 5) is 4.65. The number of aryl methyl sites for hydroxylation is 1. The standard InChI is InChI=1S/C14H21N3O/c1-4-5-10(15)8-14-16-12-9-11(18-3)6-7-13(12)17(14)2/h6-7,9-10H,4-5,8,15H2,1-3H3. The number of nitrogens with two attached hydrogens (primary N) is 1. The predicted octanol–water partition coefficient (Wildman–Crippen LogP) is 2.25. The maximum atomic E-state index is 6.09. The van der Waals surface area contributed by atoms with Crippen LogP contribution >= 0.6 is 0 Å². The quantitative estimate of drug-likeness (QED) is 0.881. The first kappa shape index (κ1) is 12.9. The third kappa shape index (κ3) is 2.48. The molecule has 1 heterocycles. The molecular formula is C14H21N3O. The van der Waals surface area contributed by atoms with Gasteiger partial charge in [-0.25, -0.2) is 4.98 Å². The molecule has 1 aromatic heterocycles. The number of imidazole rings is 1. The van der Waals surface area contributed by atoms with Gasteiger partial charge in [0, 0.05) is 25.6 Å². The zero-order valence-electron chi connectivity index (χ0n) is 11.3. The first-order chi connectivity index (χ1) is 8.65. The van der Waals surface area contributed by atoms with Crippen molar-refractivity contribution in [2.24, 2.45) is 12.8 Å². The molecule has 18 heavy (non-hydrogen) atoms. The number of aromatic nitrogens is 2. The molecule has 2 rings (SSSR count). The van der Waals surface area contributed by atoms with E-state index in [-0.39, 0.29) is 6.04 Å². The topological polar surface area (TPSA) is 53.1 Å². The maximum Gasteiger partial charge on any atom is 0.121 e. The summed E-state index contributed by atoms with van der Waals surface area (Å²) in [5.74, 6) is 1.88. The fourth-order valence-corrected chi connectivity index (χ4v) is 2.25. The molecule has 0 radical (unpaired) electrons. The minimum atomic E-state index is 0.187. The highest BCUT2D eigenvalue weighted by Crippen LogP contribution is 2.21. The van der Waals surface area contributed by atoms with E-state index in [0.29, 0.717) is 0 Å². The third-order valence-electron chi connectivity index (χ3n) is 3.28. The van der Waals surface area contributed by atoms with Gasteiger partial charge in [0.05, 0.1) is 18.1 Å². The number of fused-ring (bicyclic) bond motifs is 1. The highest BCUT2D eigenvalue weighted by atomic mass is 16.5. The number of rotatable bonds is 5. The van der Waals surface area contributed by atoms with Crippen LogP contribution in [0.4, 0.5) is 0 Å². The summed E-state index contributed by atoms with van der Waals surface area (Å²) in [6.45, 7) is 2.15. The van der Waals surface area contributed by atoms with Crippen LogP contribution in [0.5, 0.6) is 5.75 Å². The lowest BCUT2D eigenvalue weighted by atomic mass is 10.1. The molecule has 1 aromatic carbocycles. The molecule has 2 N–H and O–H groups in total. The van der Waals surface area contributed by atoms with E-state index < -0.39 is 0 Å². The highest BCUT2D eigenvalue weighted by Gasteiger charge is 2.11. The van der Waals surface area contributed by atoms with Gasteiger partial charge < -0.3 is 15.0 Å². The summed E-state index contributed by atoms with van der Waals surface area (Å²) in [5.41, 5.74) is 8.17. The number of hydrogen-bond acceptors (Lipinski definition) is 3. The van der Waals surface area contributed by atoms with Crippen molar-refractivity contribution in [2.45, 2.75) is 32.2 Å². The van der Waals surface area contributed by atoms with Crippen molar-refractivity contribution in [3.8, 4) is 5.75 Å². The summed E-state index contributed by atoms with van der Waals surface area (Å²) in [7, 11) is 3.71. The number of hydrogen-bond donors (Lipinski definition) is 1. The third-order valence-corrected chi connectivity index (χ3v) is 3.28. The molecule has 0 saturated carbocycles. The van der Waals surface area contributed by atoms with Gasteiger partial charge in [0.1, 0.15) is 11.6 Å². The highest BCUT2D eigenvalue weighted by molar-refractivity contribution is 5.77. The van der Waals surface area contributed by atoms with Gasteiger partial charge in [0.2, 0.25) is 0 Å². The van der Waals surface area contributed by atoms with Crippen LogP contribution in [0.3, 0.4) is 0 Å². The lowest BCUT2D eigenvalue weighted by Gasteiger charge is -2.09. The summed E-state index contributed by atoms with van der Waals surface area (Å²) >= 11 is 0. The van der Waals surface area contributed by atoms with Gasteiger partial charge >= 0.3 is 0 Å². The fourth-order valence-electron chi connectivity index (χ4n) is 2.25. The molecule has 4 nitrogen and oxygen atoms in total. The van der Waals surface area contributed by atoms with Gasteiger partial charge in [-0.15, -0.1) is 0 Å². The van der Waals surface area contributed by atoms with Crippen LogP contribution in [-0.2, 0) is 13.5 Å². The minimum absolute atomic E-state index is 0.187. The molecule has 0 bridgehead atoms. The van der Waals surface area contributed by atoms with Crippen molar-refractivity contribution in [1.29, 1.82) is 0 Å². The van der Waals surface area contributed by atoms with E-state index in [1.807, 2.05) is 25.2 Å². The van der Waals surface area contributed by atoms with Gasteiger partial charge in [-0.05, 0) is 18.6 Å². The van der Waals surface area contributed by atoms with E-state index in [2.05, 4.69) is 16.5 Å². The zero-order valence-corrected chi connectivity index (χ0v) is 11.3. The molecule has 2 aromatic rings. The first-order valence-electron chi connectivity index (χ1n) is 6.40. The van der Waals surface area contributed by atoms with Crippen LogP contribution in [0, 0.1) is 0 Å². The van der Waals surface area contributed by atoms with Crippen molar-refractivity contribution >= 4 is 11.0 Å². The van der Waals surface area contributed by atoms with Gasteiger partial charge in [-0.1, -0.05) is 13.3 Å². The Labute approximate surface area is 108 Å². The average Bonchev–Trinajstić information content (AvgIpc) is 2.66. The molecule has 0 aliphatic rings. The van der Waals surface area contributed by atoms with Gasteiger partial charge in [0.15, 0.2) is 0 Å². The van der Waals surface area contributed by atoms with Crippen LogP contribution in [0.15, 0.2) is 18.2 Å². The molecule has 98 valence electrons. The normalized spacial score (nSPS) is 12.9. The van der Waals surface area contributed by atoms with Gasteiger partial charge in [0.25, 0.3) is 0 Å². The van der Waals surface area contributed by atoms with Gasteiger partial charge in [-0.2, -0.15) is 0 Å². The molecule has 0 aliphatic heterocycles. The Kier molecular flexibility index (Phi) is 3.87. The molecule has 4 heteroatoms. The predicted molar refractivity (Wildman–Crippen MR) is 73.9 cm³/mol. The van der Waals surface area contributed by atoms with E-state index in [0.717, 1.165) is 41.9 Å². The Morgan fingerprint density at radius 2 is 2.22 bits per heavy atom. The fraction of sp³-hybridized carbons (Fsp3) is 0.500. The number of ether oxygens (including phenoxy) is 1. The molecule has 0 spiro atoms. The minimum Gasteiger partial charge on any atom is -0.497 e. The SMILES string of the molecule is CCCC(N)Cc1nc2cc(OC)ccc2n1C. The number of nitrogens with zero attached hydrogens (tertiary/aromatic N) is 2. The molecule has 0 fully saturated rings. The van der Waals surface area contributed by atoms with Crippen molar-refractivity contribution < 1.29 is 4.74 Å². The second-order valence-electron chi connectivity index (χ2n) is 4.69. The Morgan fingerprint density at radius 1 is 1.44 bits per heavy atom. The Morgan fingerprint density at radius 3 is 2.89 bits per heavy atom. The molecule has 1 unspecified atom stereocenters. The zero-order chi connectivity index (χ0) is 13.1. The second kappa shape index (κ2) is 5.40. The molecule has 0 amide bonds. The van der Waals surface area contributed by atoms with Gasteiger partial charge in [-0.3, -0.25) is 0 Å². The van der Waals surface area contributed by atoms with Crippen LogP contribution < -0.4 is 10.5 Å². The van der Waals surface area contributed by atoms with Crippen molar-refractivity contribution in [3.05, 3.63) is 24.0 Å². The number of methoxy groups -OCH3 is 1. The lowest BCUT2D eigenvalue weighted by Crippen LogP contribution is -2.23. The van der Waals surface area contributed by atoms with Crippen LogP contribution in [-0.4, -0.2) is 22.7 Å². The second-order valence-corrected chi connectivity index (χ2v) is 4.69. The summed E-state index contributed by atoms with van der Waals surface area (Å²) in [6, 6.07) is 6.15. The summed E-state index contributed by atoms with van der Waals surface area (Å²) in [5, 5.41) is 0. The van der Waals surface area contributed by atoms with E-state index in [1.165, 1.54) is 0 Å². The van der Waals surface area contributed by atoms with E-state index in [1.54, 1.807) is 7.11 Å². The molecule has 0 saturated heterocycles. The van der Waals surface area contributed by atoms with E-state index in [9.17, 15) is 0 Å². The van der Waals surface area contributed by atoms with Crippen molar-refractivity contribution in [2.75, 3.05) is 7.11 Å². The van der Waals surface area contributed by atoms with Crippen LogP contribution in [0.2, 0.25) is 0 Å². The Balaban J connectivity index is 2.31. The van der Waals surface area contributed by atoms with E-state index >= 15 is 0 Å². The molecular weight excluding hydrogens is 226 g/mol. The van der Waals surface area contributed by atoms with Crippen LogP contribution in [0.1, 0.15) is 25.6 Å². The van der Waals surface area contributed by atoms with Crippen LogP contribution in [0.25, 0.3) is 11.0 Å². The van der Waals surface area contributed by atoms with Crippen molar-refractivity contribution in [1.82, 2.24) is 9.55 Å². The first-order valence-corrected chi connectivity index (χ1v) is 6.40. The average molecular weight is 247 g/mol. The van der Waals surface area contributed by atoms with E-state index in [4.69, 9.17) is 10.5 Å². The molecule has 0 aliphatic carbocycles. The Hall–Kier alpha value is -1.55. The maximum absolute atomic E-state index is 6.09. The number of benzene rings is 1. The summed E-state index contributed by atoms with van der Waals surface area (Å²) in [6.07, 6.45) is 2.97.